The Kier molecular flexibility index (Phi) is 8.22. The summed E-state index contributed by atoms with van der Waals surface area (Å²) in [6.45, 7) is 2.22. The minimum Gasteiger partial charge on any atom is -0.456 e. The molecule has 1 aliphatic carbocycles. The van der Waals surface area contributed by atoms with Gasteiger partial charge in [-0.15, -0.1) is 0 Å². The Hall–Kier alpha value is -6.90. The Morgan fingerprint density at radius 1 is 0.509 bits per heavy atom. The summed E-state index contributed by atoms with van der Waals surface area (Å²) >= 11 is 0. The van der Waals surface area contributed by atoms with E-state index < -0.39 is 0 Å². The molecule has 1 aromatic heterocycles. The zero-order chi connectivity index (χ0) is 36.7. The van der Waals surface area contributed by atoms with Crippen molar-refractivity contribution in [1.82, 2.24) is 0 Å². The van der Waals surface area contributed by atoms with Gasteiger partial charge in [-0.25, -0.2) is 0 Å². The van der Waals surface area contributed by atoms with Gasteiger partial charge >= 0.3 is 0 Å². The summed E-state index contributed by atoms with van der Waals surface area (Å²) in [5.41, 5.74) is 13.9. The van der Waals surface area contributed by atoms with Crippen molar-refractivity contribution in [3.05, 3.63) is 199 Å². The lowest BCUT2D eigenvalue weighted by molar-refractivity contribution is 0.603. The Morgan fingerprint density at radius 3 is 2.07 bits per heavy atom. The van der Waals surface area contributed by atoms with E-state index in [-0.39, 0.29) is 0 Å². The van der Waals surface area contributed by atoms with Gasteiger partial charge in [-0.05, 0) is 117 Å². The van der Waals surface area contributed by atoms with Crippen molar-refractivity contribution in [2.75, 3.05) is 4.90 Å². The van der Waals surface area contributed by atoms with Crippen molar-refractivity contribution >= 4 is 61.7 Å². The average Bonchev–Trinajstić information content (AvgIpc) is 3.44. The molecule has 2 heteroatoms. The van der Waals surface area contributed by atoms with Gasteiger partial charge in [-0.2, -0.15) is 0 Å². The third-order valence-electron chi connectivity index (χ3n) is 11.0. The molecule has 1 aliphatic rings. The minimum atomic E-state index is 0.914. The first-order chi connectivity index (χ1) is 27.2. The number of furan rings is 1. The molecular weight excluding hydrogens is 667 g/mol. The van der Waals surface area contributed by atoms with Crippen LogP contribution in [0.3, 0.4) is 0 Å². The lowest BCUT2D eigenvalue weighted by atomic mass is 9.92. The zero-order valence-corrected chi connectivity index (χ0v) is 30.7. The molecular formula is C53H39NO. The normalized spacial score (nSPS) is 12.5. The maximum absolute atomic E-state index is 6.55. The van der Waals surface area contributed by atoms with Crippen molar-refractivity contribution in [2.45, 2.75) is 19.8 Å². The molecule has 262 valence electrons. The van der Waals surface area contributed by atoms with Gasteiger partial charge in [0.2, 0.25) is 0 Å². The Bertz CT molecular complexity index is 2930. The number of fused-ring (bicyclic) bond motifs is 5. The van der Waals surface area contributed by atoms with E-state index in [2.05, 4.69) is 206 Å². The van der Waals surface area contributed by atoms with Crippen molar-refractivity contribution in [1.29, 1.82) is 0 Å². The summed E-state index contributed by atoms with van der Waals surface area (Å²) in [6.07, 6.45) is 8.72. The third kappa shape index (κ3) is 6.02. The zero-order valence-electron chi connectivity index (χ0n) is 30.7. The molecule has 0 atom stereocenters. The summed E-state index contributed by atoms with van der Waals surface area (Å²) in [5.74, 6) is 0.946. The summed E-state index contributed by atoms with van der Waals surface area (Å²) in [4.78, 5) is 2.43. The van der Waals surface area contributed by atoms with E-state index in [1.807, 2.05) is 0 Å². The van der Waals surface area contributed by atoms with Crippen LogP contribution in [0, 0.1) is 0 Å². The van der Waals surface area contributed by atoms with Crippen LogP contribution < -0.4 is 4.90 Å². The first-order valence-electron chi connectivity index (χ1n) is 19.2. The van der Waals surface area contributed by atoms with Gasteiger partial charge < -0.3 is 9.32 Å². The number of anilines is 3. The smallest absolute Gasteiger partial charge is 0.136 e. The second kappa shape index (κ2) is 13.8. The minimum absolute atomic E-state index is 0.914. The highest BCUT2D eigenvalue weighted by Crippen LogP contribution is 2.45. The first-order valence-corrected chi connectivity index (χ1v) is 19.2. The van der Waals surface area contributed by atoms with Crippen LogP contribution in [0.15, 0.2) is 192 Å². The fourth-order valence-corrected chi connectivity index (χ4v) is 8.20. The van der Waals surface area contributed by atoms with Gasteiger partial charge in [-0.1, -0.05) is 152 Å². The molecule has 0 bridgehead atoms. The molecule has 0 saturated carbocycles. The molecule has 2 nitrogen and oxygen atoms in total. The van der Waals surface area contributed by atoms with Crippen molar-refractivity contribution < 1.29 is 4.42 Å². The highest BCUT2D eigenvalue weighted by Gasteiger charge is 2.21. The number of hydrogen-bond donors (Lipinski definition) is 0. The van der Waals surface area contributed by atoms with Crippen LogP contribution in [0.5, 0.6) is 0 Å². The molecule has 55 heavy (non-hydrogen) atoms. The number of hydrogen-bond acceptors (Lipinski definition) is 2. The van der Waals surface area contributed by atoms with Gasteiger partial charge in [0, 0.05) is 27.7 Å². The number of benzene rings is 8. The Morgan fingerprint density at radius 2 is 1.24 bits per heavy atom. The number of allylic oxidation sites excluding steroid dienone is 2. The lowest BCUT2D eigenvalue weighted by Crippen LogP contribution is -2.11. The van der Waals surface area contributed by atoms with Crippen molar-refractivity contribution in [3.63, 3.8) is 0 Å². The molecule has 0 aliphatic heterocycles. The predicted octanol–water partition coefficient (Wildman–Crippen LogP) is 15.4. The second-order valence-corrected chi connectivity index (χ2v) is 14.4. The van der Waals surface area contributed by atoms with Crippen LogP contribution in [0.2, 0.25) is 0 Å². The fraction of sp³-hybridized carbons (Fsp3) is 0.0566. The van der Waals surface area contributed by atoms with E-state index in [0.29, 0.717) is 0 Å². The van der Waals surface area contributed by atoms with Crippen molar-refractivity contribution in [3.8, 4) is 33.4 Å². The van der Waals surface area contributed by atoms with Crippen LogP contribution >= 0.6 is 0 Å². The van der Waals surface area contributed by atoms with E-state index in [1.54, 1.807) is 0 Å². The second-order valence-electron chi connectivity index (χ2n) is 14.4. The molecule has 9 aromatic rings. The van der Waals surface area contributed by atoms with E-state index in [4.69, 9.17) is 4.42 Å². The van der Waals surface area contributed by atoms with E-state index in [9.17, 15) is 0 Å². The quantitative estimate of drug-likeness (QED) is 0.164. The molecule has 10 rings (SSSR count). The molecule has 0 fully saturated rings. The monoisotopic (exact) mass is 705 g/mol. The number of rotatable bonds is 7. The lowest BCUT2D eigenvalue weighted by Gasteiger charge is -2.28. The highest BCUT2D eigenvalue weighted by atomic mass is 16.3. The van der Waals surface area contributed by atoms with Gasteiger partial charge in [-0.3, -0.25) is 0 Å². The topological polar surface area (TPSA) is 16.4 Å². The van der Waals surface area contributed by atoms with Crippen LogP contribution in [-0.2, 0) is 0 Å². The number of nitrogens with zero attached hydrogens (tertiary/aromatic N) is 1. The standard InChI is InChI=1S/C53H39NO/c1-2-36-14-11-24-47-50-35-49-42(33-53(50)55-52(47)30-36)22-13-25-51(49)54(44-23-12-21-41(32-44)37-15-5-3-6-16-37)45-28-29-46(48(34-45)39-18-7-4-8-19-39)43-27-26-38-17-9-10-20-40(38)31-43/h3-13,15-35H,2,14H2,1H3. The predicted molar refractivity (Wildman–Crippen MR) is 234 cm³/mol. The molecule has 0 spiro atoms. The maximum atomic E-state index is 6.55. The molecule has 0 amide bonds. The first kappa shape index (κ1) is 32.7. The van der Waals surface area contributed by atoms with Gasteiger partial charge in [0.1, 0.15) is 11.3 Å². The Labute approximate surface area is 321 Å². The summed E-state index contributed by atoms with van der Waals surface area (Å²) in [6, 6.07) is 63.9. The summed E-state index contributed by atoms with van der Waals surface area (Å²) < 4.78 is 6.55. The largest absolute Gasteiger partial charge is 0.456 e. The van der Waals surface area contributed by atoms with Crippen LogP contribution in [0.1, 0.15) is 31.1 Å². The molecule has 8 aromatic carbocycles. The van der Waals surface area contributed by atoms with Gasteiger partial charge in [0.25, 0.3) is 0 Å². The van der Waals surface area contributed by atoms with Crippen molar-refractivity contribution in [2.24, 2.45) is 0 Å². The van der Waals surface area contributed by atoms with Crippen LogP contribution in [0.4, 0.5) is 17.1 Å². The third-order valence-corrected chi connectivity index (χ3v) is 11.0. The van der Waals surface area contributed by atoms with E-state index >= 15 is 0 Å². The highest BCUT2D eigenvalue weighted by molar-refractivity contribution is 6.08. The summed E-state index contributed by atoms with van der Waals surface area (Å²) in [5, 5.41) is 5.91. The molecule has 0 unspecified atom stereocenters. The maximum Gasteiger partial charge on any atom is 0.136 e. The molecule has 1 heterocycles. The SMILES string of the molecule is CCC1=Cc2oc3cc4cccc(N(c5cccc(-c6ccccc6)c5)c5ccc(-c6ccc7ccccc7c6)c(-c6ccccc6)c5)c4cc3c2C=CC1. The van der Waals surface area contributed by atoms with Crippen LogP contribution in [0.25, 0.3) is 78.0 Å². The average molecular weight is 706 g/mol. The molecule has 0 N–H and O–H groups in total. The van der Waals surface area contributed by atoms with E-state index in [1.165, 1.54) is 55.1 Å². The van der Waals surface area contributed by atoms with Gasteiger partial charge in [0.05, 0.1) is 5.69 Å². The Balaban J connectivity index is 1.22. The molecule has 0 saturated heterocycles. The van der Waals surface area contributed by atoms with Gasteiger partial charge in [0.15, 0.2) is 0 Å². The molecule has 0 radical (unpaired) electrons. The van der Waals surface area contributed by atoms with Crippen LogP contribution in [-0.4, -0.2) is 0 Å². The van der Waals surface area contributed by atoms with E-state index in [0.717, 1.165) is 57.6 Å². The fourth-order valence-electron chi connectivity index (χ4n) is 8.20. The summed E-state index contributed by atoms with van der Waals surface area (Å²) in [7, 11) is 0.